The number of rotatable bonds is 8. The Balaban J connectivity index is 2.12. The summed E-state index contributed by atoms with van der Waals surface area (Å²) in [6, 6.07) is 2.05. The van der Waals surface area contributed by atoms with Gasteiger partial charge < -0.3 is 15.4 Å². The summed E-state index contributed by atoms with van der Waals surface area (Å²) in [5, 5.41) is 9.66. The lowest BCUT2D eigenvalue weighted by Gasteiger charge is -2.09. The molecule has 2 N–H and O–H groups in total. The van der Waals surface area contributed by atoms with Crippen LogP contribution in [0.15, 0.2) is 11.4 Å². The molecule has 0 aliphatic carbocycles. The molecule has 19 heavy (non-hydrogen) atoms. The summed E-state index contributed by atoms with van der Waals surface area (Å²) in [7, 11) is 0. The highest BCUT2D eigenvalue weighted by Crippen LogP contribution is 2.26. The van der Waals surface area contributed by atoms with Gasteiger partial charge >= 0.3 is 0 Å². The van der Waals surface area contributed by atoms with Gasteiger partial charge in [0.05, 0.1) is 12.0 Å². The number of anilines is 2. The molecule has 0 bridgehead atoms. The predicted molar refractivity (Wildman–Crippen MR) is 81.2 cm³/mol. The highest BCUT2D eigenvalue weighted by atomic mass is 32.1. The number of nitrogens with one attached hydrogen (secondary N) is 2. The van der Waals surface area contributed by atoms with Crippen LogP contribution in [0.1, 0.15) is 20.3 Å². The van der Waals surface area contributed by atoms with Gasteiger partial charge in [0, 0.05) is 19.7 Å². The second kappa shape index (κ2) is 7.25. The largest absolute Gasteiger partial charge is 0.380 e. The van der Waals surface area contributed by atoms with Crippen LogP contribution < -0.4 is 10.6 Å². The zero-order valence-corrected chi connectivity index (χ0v) is 12.2. The van der Waals surface area contributed by atoms with Crippen LogP contribution in [0.3, 0.4) is 0 Å². The first-order valence-electron chi connectivity index (χ1n) is 6.65. The maximum atomic E-state index is 5.32. The van der Waals surface area contributed by atoms with Crippen molar-refractivity contribution >= 4 is 33.3 Å². The number of ether oxygens (including phenoxy) is 1. The molecule has 2 aromatic rings. The van der Waals surface area contributed by atoms with Gasteiger partial charge in [0.25, 0.3) is 0 Å². The van der Waals surface area contributed by atoms with Crippen LogP contribution in [0.5, 0.6) is 0 Å². The van der Waals surface area contributed by atoms with Crippen LogP contribution in [-0.2, 0) is 4.74 Å². The molecule has 6 heteroatoms. The minimum atomic E-state index is 0.684. The molecule has 0 unspecified atom stereocenters. The number of aromatic nitrogens is 2. The van der Waals surface area contributed by atoms with E-state index in [4.69, 9.17) is 4.74 Å². The fourth-order valence-electron chi connectivity index (χ4n) is 1.69. The summed E-state index contributed by atoms with van der Waals surface area (Å²) in [5.41, 5.74) is 0. The van der Waals surface area contributed by atoms with Crippen molar-refractivity contribution in [3.8, 4) is 0 Å². The molecule has 5 nitrogen and oxygen atoms in total. The summed E-state index contributed by atoms with van der Waals surface area (Å²) in [6.45, 7) is 7.18. The molecule has 2 rings (SSSR count). The van der Waals surface area contributed by atoms with E-state index in [0.29, 0.717) is 12.6 Å². The van der Waals surface area contributed by atoms with Crippen molar-refractivity contribution < 1.29 is 4.74 Å². The van der Waals surface area contributed by atoms with E-state index in [9.17, 15) is 0 Å². The van der Waals surface area contributed by atoms with Gasteiger partial charge in [0.1, 0.15) is 10.6 Å². The van der Waals surface area contributed by atoms with Crippen LogP contribution in [0.25, 0.3) is 10.2 Å². The number of nitrogens with zero attached hydrogens (tertiary/aromatic N) is 2. The van der Waals surface area contributed by atoms with Crippen LogP contribution in [-0.4, -0.2) is 36.3 Å². The van der Waals surface area contributed by atoms with E-state index in [2.05, 4.69) is 27.5 Å². The molecule has 0 radical (unpaired) electrons. The topological polar surface area (TPSA) is 59.1 Å². The van der Waals surface area contributed by atoms with Gasteiger partial charge in [-0.25, -0.2) is 4.98 Å². The highest BCUT2D eigenvalue weighted by Gasteiger charge is 2.08. The van der Waals surface area contributed by atoms with Crippen molar-refractivity contribution in [2.24, 2.45) is 0 Å². The molecule has 0 saturated heterocycles. The number of thiophene rings is 1. The van der Waals surface area contributed by atoms with Crippen LogP contribution in [0.2, 0.25) is 0 Å². The standard InChI is InChI=1S/C13H20N4OS/c1-3-6-15-13-16-11(14-7-8-18-4-2)10-5-9-19-12(10)17-13/h5,9H,3-4,6-8H2,1-2H3,(H2,14,15,16,17). The first-order valence-corrected chi connectivity index (χ1v) is 7.53. The monoisotopic (exact) mass is 280 g/mol. The van der Waals surface area contributed by atoms with E-state index in [1.165, 1.54) is 0 Å². The van der Waals surface area contributed by atoms with Gasteiger partial charge in [-0.15, -0.1) is 11.3 Å². The Morgan fingerprint density at radius 1 is 1.21 bits per heavy atom. The average Bonchev–Trinajstić information content (AvgIpc) is 2.89. The highest BCUT2D eigenvalue weighted by molar-refractivity contribution is 7.16. The van der Waals surface area contributed by atoms with Crippen molar-refractivity contribution in [2.45, 2.75) is 20.3 Å². The summed E-state index contributed by atoms with van der Waals surface area (Å²) >= 11 is 1.63. The SMILES string of the molecule is CCCNc1nc(NCCOCC)c2ccsc2n1. The Hall–Kier alpha value is -1.40. The Bertz CT molecular complexity index is 514. The van der Waals surface area contributed by atoms with E-state index in [1.807, 2.05) is 18.4 Å². The maximum Gasteiger partial charge on any atom is 0.226 e. The third-order valence-corrected chi connectivity index (χ3v) is 3.41. The summed E-state index contributed by atoms with van der Waals surface area (Å²) in [5.74, 6) is 1.57. The lowest BCUT2D eigenvalue weighted by molar-refractivity contribution is 0.158. The maximum absolute atomic E-state index is 5.32. The predicted octanol–water partition coefficient (Wildman–Crippen LogP) is 2.96. The lowest BCUT2D eigenvalue weighted by atomic mass is 10.4. The minimum Gasteiger partial charge on any atom is -0.380 e. The van der Waals surface area contributed by atoms with Crippen molar-refractivity contribution in [1.82, 2.24) is 9.97 Å². The number of hydrogen-bond donors (Lipinski definition) is 2. The number of hydrogen-bond acceptors (Lipinski definition) is 6. The minimum absolute atomic E-state index is 0.684. The van der Waals surface area contributed by atoms with Crippen LogP contribution in [0, 0.1) is 0 Å². The lowest BCUT2D eigenvalue weighted by Crippen LogP contribution is -2.12. The molecule has 0 aliphatic rings. The van der Waals surface area contributed by atoms with E-state index in [-0.39, 0.29) is 0 Å². The Kier molecular flexibility index (Phi) is 5.35. The molecule has 0 aliphatic heterocycles. The van der Waals surface area contributed by atoms with Gasteiger partial charge in [0.2, 0.25) is 5.95 Å². The van der Waals surface area contributed by atoms with E-state index >= 15 is 0 Å². The molecule has 0 spiro atoms. The fourth-order valence-corrected chi connectivity index (χ4v) is 2.46. The Morgan fingerprint density at radius 3 is 2.89 bits per heavy atom. The van der Waals surface area contributed by atoms with Gasteiger partial charge in [-0.2, -0.15) is 4.98 Å². The van der Waals surface area contributed by atoms with E-state index in [0.717, 1.165) is 42.2 Å². The molecule has 0 saturated carbocycles. The summed E-state index contributed by atoms with van der Waals surface area (Å²) in [4.78, 5) is 10.0. The molecule has 0 fully saturated rings. The molecular formula is C13H20N4OS. The van der Waals surface area contributed by atoms with Crippen molar-refractivity contribution in [2.75, 3.05) is 36.9 Å². The third kappa shape index (κ3) is 3.78. The molecule has 0 aromatic carbocycles. The first kappa shape index (κ1) is 14.0. The molecule has 2 heterocycles. The van der Waals surface area contributed by atoms with E-state index < -0.39 is 0 Å². The van der Waals surface area contributed by atoms with Crippen molar-refractivity contribution in [1.29, 1.82) is 0 Å². The quantitative estimate of drug-likeness (QED) is 0.728. The molecule has 104 valence electrons. The fraction of sp³-hybridized carbons (Fsp3) is 0.538. The normalized spacial score (nSPS) is 10.8. The van der Waals surface area contributed by atoms with E-state index in [1.54, 1.807) is 11.3 Å². The molecule has 0 amide bonds. The van der Waals surface area contributed by atoms with Crippen LogP contribution in [0.4, 0.5) is 11.8 Å². The third-order valence-electron chi connectivity index (χ3n) is 2.60. The van der Waals surface area contributed by atoms with Crippen molar-refractivity contribution in [3.05, 3.63) is 11.4 Å². The average molecular weight is 280 g/mol. The number of fused-ring (bicyclic) bond motifs is 1. The summed E-state index contributed by atoms with van der Waals surface area (Å²) < 4.78 is 5.32. The second-order valence-corrected chi connectivity index (χ2v) is 4.98. The molecular weight excluding hydrogens is 260 g/mol. The smallest absolute Gasteiger partial charge is 0.226 e. The van der Waals surface area contributed by atoms with Gasteiger partial charge in [-0.1, -0.05) is 6.92 Å². The second-order valence-electron chi connectivity index (χ2n) is 4.09. The molecule has 2 aromatic heterocycles. The zero-order valence-electron chi connectivity index (χ0n) is 11.4. The Labute approximate surface area is 117 Å². The van der Waals surface area contributed by atoms with Gasteiger partial charge in [-0.3, -0.25) is 0 Å². The Morgan fingerprint density at radius 2 is 2.11 bits per heavy atom. The van der Waals surface area contributed by atoms with Gasteiger partial charge in [-0.05, 0) is 24.8 Å². The zero-order chi connectivity index (χ0) is 13.5. The van der Waals surface area contributed by atoms with Gasteiger partial charge in [0.15, 0.2) is 0 Å². The van der Waals surface area contributed by atoms with Crippen LogP contribution >= 0.6 is 11.3 Å². The first-order chi connectivity index (χ1) is 9.35. The summed E-state index contributed by atoms with van der Waals surface area (Å²) in [6.07, 6.45) is 1.05. The molecule has 0 atom stereocenters. The van der Waals surface area contributed by atoms with Crippen molar-refractivity contribution in [3.63, 3.8) is 0 Å².